The highest BCUT2D eigenvalue weighted by Crippen LogP contribution is 2.42. The van der Waals surface area contributed by atoms with Gasteiger partial charge in [0.1, 0.15) is 34.6 Å². The number of para-hydroxylation sites is 5. The second-order valence-corrected chi connectivity index (χ2v) is 23.9. The first kappa shape index (κ1) is 53.7. The van der Waals surface area contributed by atoms with Crippen LogP contribution in [0.2, 0.25) is 5.15 Å². The van der Waals surface area contributed by atoms with Crippen molar-refractivity contribution in [3.63, 3.8) is 0 Å². The van der Waals surface area contributed by atoms with Crippen LogP contribution in [0.25, 0.3) is 154 Å². The maximum absolute atomic E-state index is 6.29. The molecule has 0 amide bonds. The second-order valence-electron chi connectivity index (χ2n) is 23.5. The predicted molar refractivity (Wildman–Crippen MR) is 383 cm³/mol. The van der Waals surface area contributed by atoms with Crippen molar-refractivity contribution >= 4 is 126 Å². The predicted octanol–water partition coefficient (Wildman–Crippen LogP) is 20.6. The summed E-state index contributed by atoms with van der Waals surface area (Å²) < 4.78 is 6.80. The van der Waals surface area contributed by atoms with Crippen LogP contribution in [-0.4, -0.2) is 44.1 Å². The van der Waals surface area contributed by atoms with Crippen LogP contribution in [0.4, 0.5) is 0 Å². The summed E-state index contributed by atoms with van der Waals surface area (Å²) in [5.74, 6) is 0.660. The highest BCUT2D eigenvalue weighted by molar-refractivity contribution is 6.34. The van der Waals surface area contributed by atoms with E-state index in [9.17, 15) is 0 Å². The zero-order valence-electron chi connectivity index (χ0n) is 49.9. The van der Waals surface area contributed by atoms with E-state index < -0.39 is 0 Å². The summed E-state index contributed by atoms with van der Waals surface area (Å²) in [5.41, 5.74) is 19.4. The largest absolute Gasteiger partial charge is 0.309 e. The molecule has 0 unspecified atom stereocenters. The van der Waals surface area contributed by atoms with Crippen molar-refractivity contribution in [1.29, 1.82) is 0 Å². The molecule has 20 rings (SSSR count). The third kappa shape index (κ3) is 8.97. The Morgan fingerprint density at radius 3 is 1.46 bits per heavy atom. The molecule has 9 nitrogen and oxygen atoms in total. The van der Waals surface area contributed by atoms with E-state index in [-0.39, 0.29) is 0 Å². The smallest absolute Gasteiger partial charge is 0.188 e. The number of rotatable bonds is 5. The van der Waals surface area contributed by atoms with Crippen molar-refractivity contribution < 1.29 is 0 Å². The molecule has 0 saturated heterocycles. The standard InChI is InChI=1S/C40H24N6.C26H16ClN3.C17H11/c1-2-12-28(13-3-1)45-33-16-8-6-14-29(33)31-19-18-27(24-35(31)45)37-38-39(42-21-20-41-38)40(44-43-37)46-34-17-9-7-15-30(34)32-22-25-10-4-5-11-26(25)23-36(32)46;27-26-22-12-5-4-11-21(22)25(28-29-26)17-14-15-20-19-10-6-7-13-23(19)30(24(20)16-17)18-8-2-1-3-9-18;1-2-6-13-11-17-15(9-12(13)5-1)10-14-7-3-4-8-16(14)17/h1-24H;1-16H;1-2,4-9,11H,10H2/q;;+1. The van der Waals surface area contributed by atoms with Gasteiger partial charge >= 0.3 is 0 Å². The van der Waals surface area contributed by atoms with E-state index in [4.69, 9.17) is 31.8 Å². The van der Waals surface area contributed by atoms with Gasteiger partial charge in [0.15, 0.2) is 11.0 Å². The van der Waals surface area contributed by atoms with Crippen LogP contribution < -0.4 is 0 Å². The Bertz CT molecular complexity index is 6180. The minimum absolute atomic E-state index is 0.425. The van der Waals surface area contributed by atoms with Gasteiger partial charge in [-0.1, -0.05) is 200 Å². The molecule has 18 aromatic rings. The number of allylic oxidation sites excluding steroid dienone is 6. The van der Waals surface area contributed by atoms with Gasteiger partial charge in [0, 0.05) is 96.0 Å². The highest BCUT2D eigenvalue weighted by atomic mass is 35.5. The maximum Gasteiger partial charge on any atom is 0.188 e. The van der Waals surface area contributed by atoms with Crippen molar-refractivity contribution in [2.45, 2.75) is 6.42 Å². The number of aromatic nitrogens is 9. The molecule has 0 bridgehead atoms. The molecular formula is C83H51ClN9+. The summed E-state index contributed by atoms with van der Waals surface area (Å²) in [5, 5.41) is 33.0. The lowest BCUT2D eigenvalue weighted by Gasteiger charge is -2.12. The summed E-state index contributed by atoms with van der Waals surface area (Å²) in [6.07, 6.45) is 14.0. The number of hydrogen-bond acceptors (Lipinski definition) is 6. The third-order valence-corrected chi connectivity index (χ3v) is 18.6. The van der Waals surface area contributed by atoms with Gasteiger partial charge in [-0.2, -0.15) is 0 Å². The van der Waals surface area contributed by atoms with Crippen molar-refractivity contribution in [3.05, 3.63) is 325 Å². The number of benzene rings is 12. The Labute approximate surface area is 538 Å². The molecule has 2 aliphatic carbocycles. The Balaban J connectivity index is 0.000000115. The van der Waals surface area contributed by atoms with Gasteiger partial charge in [-0.15, -0.1) is 20.4 Å². The van der Waals surface area contributed by atoms with Crippen molar-refractivity contribution in [1.82, 2.24) is 44.1 Å². The van der Waals surface area contributed by atoms with Crippen LogP contribution in [-0.2, 0) is 6.42 Å². The zero-order chi connectivity index (χ0) is 61.5. The van der Waals surface area contributed by atoms with Crippen molar-refractivity contribution in [3.8, 4) is 39.7 Å². The molecule has 434 valence electrons. The van der Waals surface area contributed by atoms with E-state index in [2.05, 4.69) is 273 Å². The zero-order valence-corrected chi connectivity index (χ0v) is 50.7. The summed E-state index contributed by atoms with van der Waals surface area (Å²) in [7, 11) is 0. The van der Waals surface area contributed by atoms with Crippen LogP contribution in [0.1, 0.15) is 11.1 Å². The van der Waals surface area contributed by atoms with Crippen LogP contribution in [0, 0.1) is 6.08 Å². The molecule has 0 aliphatic heterocycles. The Morgan fingerprint density at radius 1 is 0.355 bits per heavy atom. The molecule has 0 atom stereocenters. The number of nitrogens with zero attached hydrogens (tertiary/aromatic N) is 9. The minimum atomic E-state index is 0.425. The van der Waals surface area contributed by atoms with Gasteiger partial charge < -0.3 is 9.13 Å². The molecule has 0 spiro atoms. The SMILES string of the molecule is Clc1nnc(-c2ccc3c4ccccc4n(-c4ccccc4)c3c2)c2ccccc12.[C+]1=CC2=C(C=C1)c1cc3ccccc3cc1C2.c1ccc(-n2c3ccccc3c3ccc(-c4nnc(-n5c6ccccc6c6cc7ccccc7cc65)c5nccnc45)cc32)cc1. The first-order valence-corrected chi connectivity index (χ1v) is 31.4. The first-order valence-electron chi connectivity index (χ1n) is 31.1. The van der Waals surface area contributed by atoms with Crippen LogP contribution in [0.15, 0.2) is 303 Å². The van der Waals surface area contributed by atoms with E-state index in [1.54, 1.807) is 12.4 Å². The molecule has 0 radical (unpaired) electrons. The summed E-state index contributed by atoms with van der Waals surface area (Å²) in [6.45, 7) is 0. The normalized spacial score (nSPS) is 12.5. The van der Waals surface area contributed by atoms with Crippen LogP contribution >= 0.6 is 11.6 Å². The molecular weight excluding hydrogens is 1160 g/mol. The quantitative estimate of drug-likeness (QED) is 0.159. The molecule has 2 aliphatic rings. The molecule has 12 aromatic carbocycles. The van der Waals surface area contributed by atoms with E-state index in [0.717, 1.165) is 83.7 Å². The average molecular weight is 1210 g/mol. The fourth-order valence-corrected chi connectivity index (χ4v) is 14.3. The third-order valence-electron chi connectivity index (χ3n) is 18.3. The van der Waals surface area contributed by atoms with Gasteiger partial charge in [0.2, 0.25) is 0 Å². The summed E-state index contributed by atoms with van der Waals surface area (Å²) in [6, 6.07) is 93.6. The van der Waals surface area contributed by atoms with E-state index in [1.165, 1.54) is 70.9 Å². The van der Waals surface area contributed by atoms with E-state index in [1.807, 2.05) is 42.5 Å². The average Bonchev–Trinajstić information content (AvgIpc) is 1.67. The fourth-order valence-electron chi connectivity index (χ4n) is 14.1. The topological polar surface area (TPSA) is 92.1 Å². The number of fused-ring (bicyclic) bond motifs is 15. The molecule has 0 N–H and O–H groups in total. The lowest BCUT2D eigenvalue weighted by atomic mass is 9.99. The summed E-state index contributed by atoms with van der Waals surface area (Å²) in [4.78, 5) is 9.73. The fraction of sp³-hybridized carbons (Fsp3) is 0.0120. The molecule has 10 heteroatoms. The van der Waals surface area contributed by atoms with Crippen LogP contribution in [0.3, 0.4) is 0 Å². The Kier molecular flexibility index (Phi) is 12.7. The second kappa shape index (κ2) is 22.0. The highest BCUT2D eigenvalue weighted by Gasteiger charge is 2.27. The minimum Gasteiger partial charge on any atom is -0.309 e. The summed E-state index contributed by atoms with van der Waals surface area (Å²) >= 11 is 6.29. The van der Waals surface area contributed by atoms with Crippen molar-refractivity contribution in [2.24, 2.45) is 0 Å². The lowest BCUT2D eigenvalue weighted by Crippen LogP contribution is -2.04. The molecule has 6 heterocycles. The number of hydrogen-bond donors (Lipinski definition) is 0. The maximum atomic E-state index is 6.29. The Hall–Kier alpha value is -12.3. The molecule has 0 fully saturated rings. The van der Waals surface area contributed by atoms with Crippen molar-refractivity contribution in [2.75, 3.05) is 0 Å². The molecule has 0 saturated carbocycles. The van der Waals surface area contributed by atoms with Gasteiger partial charge in [0.05, 0.1) is 50.3 Å². The molecule has 6 aromatic heterocycles. The van der Waals surface area contributed by atoms with Gasteiger partial charge in [-0.25, -0.2) is 4.98 Å². The van der Waals surface area contributed by atoms with E-state index in [0.29, 0.717) is 27.7 Å². The van der Waals surface area contributed by atoms with Crippen LogP contribution in [0.5, 0.6) is 0 Å². The van der Waals surface area contributed by atoms with Gasteiger partial charge in [-0.05, 0) is 106 Å². The monoisotopic (exact) mass is 1210 g/mol. The lowest BCUT2D eigenvalue weighted by molar-refractivity contribution is 0.965. The molecule has 93 heavy (non-hydrogen) atoms. The van der Waals surface area contributed by atoms with E-state index >= 15 is 0 Å². The first-order chi connectivity index (χ1) is 46.1. The van der Waals surface area contributed by atoms with Gasteiger partial charge in [0.25, 0.3) is 0 Å². The Morgan fingerprint density at radius 2 is 0.828 bits per heavy atom. The van der Waals surface area contributed by atoms with Gasteiger partial charge in [-0.3, -0.25) is 9.55 Å². The number of halogens is 1.